The maximum atomic E-state index is 6.62. The van der Waals surface area contributed by atoms with Gasteiger partial charge in [0.2, 0.25) is 0 Å². The molecule has 0 aromatic rings. The minimum atomic E-state index is -1.11. The van der Waals surface area contributed by atoms with Crippen LogP contribution in [0.1, 0.15) is 39.5 Å². The van der Waals surface area contributed by atoms with Crippen molar-refractivity contribution in [2.75, 3.05) is 0 Å². The molecular weight excluding hydrogens is 212 g/mol. The van der Waals surface area contributed by atoms with Crippen molar-refractivity contribution in [2.45, 2.75) is 63.0 Å². The summed E-state index contributed by atoms with van der Waals surface area (Å²) in [7, 11) is -1.03. The van der Waals surface area contributed by atoms with E-state index in [4.69, 9.17) is 11.1 Å². The zero-order valence-corrected chi connectivity index (χ0v) is 11.8. The van der Waals surface area contributed by atoms with E-state index < -0.39 is 7.38 Å². The lowest BCUT2D eigenvalue weighted by Gasteiger charge is -2.40. The molecule has 0 nitrogen and oxygen atoms in total. The predicted octanol–water partition coefficient (Wildman–Crippen LogP) is 4.36. The molecule has 1 radical (unpaired) electrons. The first kappa shape index (κ1) is 11.8. The maximum absolute atomic E-state index is 6.62. The number of hydrogen-bond acceptors (Lipinski definition) is 0. The van der Waals surface area contributed by atoms with Gasteiger partial charge in [0.15, 0.2) is 7.38 Å². The van der Waals surface area contributed by atoms with E-state index in [2.05, 4.69) is 13.8 Å². The number of hydrogen-bond donors (Lipinski definition) is 0. The Hall–Kier alpha value is 0.724. The first-order chi connectivity index (χ1) is 6.20. The van der Waals surface area contributed by atoms with E-state index in [1.165, 1.54) is 43.1 Å². The summed E-state index contributed by atoms with van der Waals surface area (Å²) in [6.07, 6.45) is 5.56. The molecule has 77 valence electrons. The fourth-order valence-electron chi connectivity index (χ4n) is 2.12. The van der Waals surface area contributed by atoms with E-state index in [-0.39, 0.29) is 8.80 Å². The molecule has 13 heavy (non-hydrogen) atoms. The molecule has 0 spiro atoms. The molecule has 0 saturated carbocycles. The van der Waals surface area contributed by atoms with Crippen molar-refractivity contribution in [1.82, 2.24) is 0 Å². The number of halogens is 1. The van der Waals surface area contributed by atoms with E-state index in [1.807, 2.05) is 0 Å². The summed E-state index contributed by atoms with van der Waals surface area (Å²) < 4.78 is 0. The zero-order chi connectivity index (χ0) is 9.73. The molecule has 1 fully saturated rings. The monoisotopic (exact) mass is 233 g/mol. The highest BCUT2D eigenvalue weighted by atomic mass is 35.6. The van der Waals surface area contributed by atoms with E-state index in [0.717, 1.165) is 0 Å². The molecule has 0 aromatic heterocycles. The maximum Gasteiger partial charge on any atom is 0.151 e. The van der Waals surface area contributed by atoms with Gasteiger partial charge in [-0.3, -0.25) is 0 Å². The van der Waals surface area contributed by atoms with Gasteiger partial charge in [-0.25, -0.2) is 0 Å². The Morgan fingerprint density at radius 1 is 1.15 bits per heavy atom. The first-order valence-corrected chi connectivity index (χ1v) is 11.5. The molecule has 0 aliphatic carbocycles. The minimum Gasteiger partial charge on any atom is -0.168 e. The van der Waals surface area contributed by atoms with Gasteiger partial charge in [0.05, 0.1) is 0 Å². The molecule has 0 N–H and O–H groups in total. The van der Waals surface area contributed by atoms with E-state index in [0.29, 0.717) is 0 Å². The van der Waals surface area contributed by atoms with Crippen LogP contribution in [0.25, 0.3) is 0 Å². The van der Waals surface area contributed by atoms with E-state index in [9.17, 15) is 0 Å². The Morgan fingerprint density at radius 3 is 2.31 bits per heavy atom. The second-order valence-electron chi connectivity index (χ2n) is 4.46. The third-order valence-corrected chi connectivity index (χ3v) is 17.3. The van der Waals surface area contributed by atoms with Crippen LogP contribution in [0.4, 0.5) is 0 Å². The molecule has 0 aromatic carbocycles. The fraction of sp³-hybridized carbons (Fsp3) is 1.00. The summed E-state index contributed by atoms with van der Waals surface area (Å²) in [6, 6.07) is 2.96. The van der Waals surface area contributed by atoms with Crippen LogP contribution in [-0.4, -0.2) is 16.2 Å². The van der Waals surface area contributed by atoms with Crippen LogP contribution in [0, 0.1) is 0 Å². The lowest BCUT2D eigenvalue weighted by atomic mass is 10.4. The lowest BCUT2D eigenvalue weighted by molar-refractivity contribution is 0.856. The third kappa shape index (κ3) is 3.76. The van der Waals surface area contributed by atoms with Crippen molar-refractivity contribution in [3.63, 3.8) is 0 Å². The van der Waals surface area contributed by atoms with Crippen molar-refractivity contribution in [2.24, 2.45) is 0 Å². The number of rotatable bonds is 6. The predicted molar refractivity (Wildman–Crippen MR) is 66.4 cm³/mol. The highest BCUT2D eigenvalue weighted by Gasteiger charge is 2.44. The quantitative estimate of drug-likeness (QED) is 0.473. The smallest absolute Gasteiger partial charge is 0.151 e. The van der Waals surface area contributed by atoms with Crippen LogP contribution >= 0.6 is 11.1 Å². The van der Waals surface area contributed by atoms with Crippen molar-refractivity contribution < 1.29 is 0 Å². The largest absolute Gasteiger partial charge is 0.168 e. The van der Waals surface area contributed by atoms with Crippen molar-refractivity contribution >= 4 is 27.3 Å². The van der Waals surface area contributed by atoms with Crippen LogP contribution in [-0.2, 0) is 0 Å². The third-order valence-electron chi connectivity index (χ3n) is 3.00. The highest BCUT2D eigenvalue weighted by Crippen LogP contribution is 2.41. The van der Waals surface area contributed by atoms with Gasteiger partial charge in [0, 0.05) is 8.80 Å². The Morgan fingerprint density at radius 2 is 1.77 bits per heavy atom. The van der Waals surface area contributed by atoms with Gasteiger partial charge in [-0.2, -0.15) is 11.1 Å². The Kier molecular flexibility index (Phi) is 5.05. The molecule has 1 saturated heterocycles. The summed E-state index contributed by atoms with van der Waals surface area (Å²) in [4.78, 5) is 0. The van der Waals surface area contributed by atoms with Gasteiger partial charge in [0.25, 0.3) is 0 Å². The summed E-state index contributed by atoms with van der Waals surface area (Å²) in [5.41, 5.74) is 3.05. The average molecular weight is 234 g/mol. The Bertz CT molecular complexity index is 144. The van der Waals surface area contributed by atoms with E-state index in [1.54, 1.807) is 6.04 Å². The summed E-state index contributed by atoms with van der Waals surface area (Å²) in [5.74, 6) is 0. The number of unbranched alkanes of at least 4 members (excludes halogenated alkanes) is 2. The second kappa shape index (κ2) is 5.57. The van der Waals surface area contributed by atoms with Crippen molar-refractivity contribution in [3.8, 4) is 0 Å². The van der Waals surface area contributed by atoms with E-state index >= 15 is 0 Å². The Labute approximate surface area is 90.4 Å². The molecule has 1 aliphatic rings. The van der Waals surface area contributed by atoms with Crippen molar-refractivity contribution in [1.29, 1.82) is 0 Å². The molecular formula is C10H22ClSi2. The molecule has 0 unspecified atom stereocenters. The highest BCUT2D eigenvalue weighted by molar-refractivity contribution is 7.31. The van der Waals surface area contributed by atoms with Crippen LogP contribution < -0.4 is 0 Å². The topological polar surface area (TPSA) is 0 Å². The molecule has 1 rings (SSSR count). The summed E-state index contributed by atoms with van der Waals surface area (Å²) in [6.45, 7) is 4.57. The van der Waals surface area contributed by atoms with Crippen LogP contribution in [0.15, 0.2) is 0 Å². The first-order valence-electron chi connectivity index (χ1n) is 5.72. The molecule has 0 amide bonds. The van der Waals surface area contributed by atoms with Gasteiger partial charge in [-0.05, 0) is 17.4 Å². The molecule has 0 bridgehead atoms. The standard InChI is InChI=1S/C10H22ClSi2/c1-3-5-7-12-9-13(11,10-12)8-6-4-2/h3-10H2,1-2H3. The average Bonchev–Trinajstić information content (AvgIpc) is 2.07. The van der Waals surface area contributed by atoms with Crippen LogP contribution in [0.5, 0.6) is 0 Å². The van der Waals surface area contributed by atoms with Gasteiger partial charge in [0.1, 0.15) is 0 Å². The van der Waals surface area contributed by atoms with Crippen molar-refractivity contribution in [3.05, 3.63) is 0 Å². The molecule has 1 aliphatic heterocycles. The lowest BCUT2D eigenvalue weighted by Crippen LogP contribution is -2.48. The molecule has 3 heteroatoms. The van der Waals surface area contributed by atoms with Crippen LogP contribution in [0.2, 0.25) is 23.4 Å². The summed E-state index contributed by atoms with van der Waals surface area (Å²) in [5, 5.41) is 0. The van der Waals surface area contributed by atoms with Gasteiger partial charge in [-0.15, -0.1) is 0 Å². The van der Waals surface area contributed by atoms with Crippen LogP contribution in [0.3, 0.4) is 0 Å². The Balaban J connectivity index is 2.07. The fourth-order valence-corrected chi connectivity index (χ4v) is 17.3. The molecule has 0 atom stereocenters. The minimum absolute atomic E-state index is 0.0827. The second-order valence-corrected chi connectivity index (χ2v) is 14.5. The SMILES string of the molecule is CCCC[Si]1C[Si](Cl)(CCCC)C1. The van der Waals surface area contributed by atoms with Gasteiger partial charge in [-0.1, -0.05) is 45.6 Å². The zero-order valence-electron chi connectivity index (χ0n) is 9.03. The summed E-state index contributed by atoms with van der Waals surface area (Å²) >= 11 is 6.62. The molecule has 1 heterocycles. The van der Waals surface area contributed by atoms with Gasteiger partial charge < -0.3 is 0 Å². The van der Waals surface area contributed by atoms with Gasteiger partial charge >= 0.3 is 0 Å². The normalized spacial score (nSPS) is 21.5.